The van der Waals surface area contributed by atoms with Crippen molar-refractivity contribution in [1.82, 2.24) is 5.32 Å². The molecule has 4 aromatic rings. The topological polar surface area (TPSA) is 73.9 Å². The maximum absolute atomic E-state index is 13.6. The number of para-hydroxylation sites is 1. The fraction of sp³-hybridized carbons (Fsp3) is 0.297. The lowest BCUT2D eigenvalue weighted by atomic mass is 9.98. The SMILES string of the molecule is CCCCCCCOc1ccc(Br)cc1C(=O)NC(CC(=O)OC)c1ccc(-c2ccccc2Oc2ccc(C(F)(F)F)cc2)cc1. The number of hydrogen-bond donors (Lipinski definition) is 1. The summed E-state index contributed by atoms with van der Waals surface area (Å²) < 4.78 is 56.5. The Morgan fingerprint density at radius 1 is 0.851 bits per heavy atom. The van der Waals surface area contributed by atoms with Gasteiger partial charge in [-0.15, -0.1) is 0 Å². The van der Waals surface area contributed by atoms with Crippen LogP contribution < -0.4 is 14.8 Å². The molecule has 1 N–H and O–H groups in total. The van der Waals surface area contributed by atoms with Crippen LogP contribution in [0.15, 0.2) is 95.5 Å². The van der Waals surface area contributed by atoms with Crippen LogP contribution in [0.3, 0.4) is 0 Å². The van der Waals surface area contributed by atoms with Crippen molar-refractivity contribution in [3.8, 4) is 28.4 Å². The summed E-state index contributed by atoms with van der Waals surface area (Å²) in [6.45, 7) is 2.65. The third-order valence-electron chi connectivity index (χ3n) is 7.52. The van der Waals surface area contributed by atoms with Crippen LogP contribution in [0.5, 0.6) is 17.2 Å². The minimum Gasteiger partial charge on any atom is -0.493 e. The second kappa shape index (κ2) is 17.0. The fourth-order valence-electron chi connectivity index (χ4n) is 4.96. The van der Waals surface area contributed by atoms with Gasteiger partial charge in [0.1, 0.15) is 17.2 Å². The summed E-state index contributed by atoms with van der Waals surface area (Å²) in [5.41, 5.74) is 1.72. The number of nitrogens with one attached hydrogen (secondary N) is 1. The maximum atomic E-state index is 13.6. The molecule has 47 heavy (non-hydrogen) atoms. The number of halogens is 4. The summed E-state index contributed by atoms with van der Waals surface area (Å²) in [6.07, 6.45) is 0.862. The van der Waals surface area contributed by atoms with Crippen LogP contribution in [0, 0.1) is 0 Å². The van der Waals surface area contributed by atoms with Crippen molar-refractivity contribution in [1.29, 1.82) is 0 Å². The number of ether oxygens (including phenoxy) is 3. The first kappa shape index (κ1) is 35.5. The van der Waals surface area contributed by atoms with E-state index in [0.717, 1.165) is 43.4 Å². The molecule has 0 radical (unpaired) electrons. The summed E-state index contributed by atoms with van der Waals surface area (Å²) in [5, 5.41) is 2.97. The van der Waals surface area contributed by atoms with Crippen molar-refractivity contribution in [3.63, 3.8) is 0 Å². The van der Waals surface area contributed by atoms with Gasteiger partial charge in [-0.2, -0.15) is 13.2 Å². The molecule has 0 aliphatic carbocycles. The first-order valence-electron chi connectivity index (χ1n) is 15.4. The predicted octanol–water partition coefficient (Wildman–Crippen LogP) is 10.3. The lowest BCUT2D eigenvalue weighted by Gasteiger charge is -2.20. The minimum absolute atomic E-state index is 0.100. The zero-order chi connectivity index (χ0) is 33.8. The number of benzene rings is 4. The molecule has 0 aliphatic rings. The van der Waals surface area contributed by atoms with E-state index in [1.54, 1.807) is 36.4 Å². The summed E-state index contributed by atoms with van der Waals surface area (Å²) in [5.74, 6) is 0.272. The van der Waals surface area contributed by atoms with Crippen LogP contribution in [-0.2, 0) is 15.7 Å². The first-order chi connectivity index (χ1) is 22.6. The Bertz CT molecular complexity index is 1620. The molecule has 4 aromatic carbocycles. The fourth-order valence-corrected chi connectivity index (χ4v) is 5.32. The van der Waals surface area contributed by atoms with Gasteiger partial charge in [-0.25, -0.2) is 0 Å². The predicted molar refractivity (Wildman–Crippen MR) is 179 cm³/mol. The number of rotatable bonds is 15. The van der Waals surface area contributed by atoms with Crippen molar-refractivity contribution in [2.75, 3.05) is 13.7 Å². The molecule has 6 nitrogen and oxygen atoms in total. The van der Waals surface area contributed by atoms with Gasteiger partial charge in [-0.3, -0.25) is 9.59 Å². The number of carbonyl (C=O) groups is 2. The van der Waals surface area contributed by atoms with Gasteiger partial charge in [0.05, 0.1) is 37.3 Å². The normalized spacial score (nSPS) is 11.9. The van der Waals surface area contributed by atoms with Gasteiger partial charge >= 0.3 is 12.1 Å². The van der Waals surface area contributed by atoms with Gasteiger partial charge in [-0.1, -0.05) is 91.0 Å². The quantitative estimate of drug-likeness (QED) is 0.0981. The van der Waals surface area contributed by atoms with Crippen LogP contribution in [0.4, 0.5) is 13.2 Å². The summed E-state index contributed by atoms with van der Waals surface area (Å²) in [6, 6.07) is 23.4. The summed E-state index contributed by atoms with van der Waals surface area (Å²) in [7, 11) is 1.29. The average molecular weight is 713 g/mol. The van der Waals surface area contributed by atoms with Crippen LogP contribution in [0.2, 0.25) is 0 Å². The van der Waals surface area contributed by atoms with Crippen molar-refractivity contribution >= 4 is 27.8 Å². The van der Waals surface area contributed by atoms with Crippen LogP contribution in [0.25, 0.3) is 11.1 Å². The highest BCUT2D eigenvalue weighted by Crippen LogP contribution is 2.36. The van der Waals surface area contributed by atoms with E-state index in [2.05, 4.69) is 28.2 Å². The second-order valence-electron chi connectivity index (χ2n) is 11.0. The highest BCUT2D eigenvalue weighted by atomic mass is 79.9. The zero-order valence-electron chi connectivity index (χ0n) is 26.2. The maximum Gasteiger partial charge on any atom is 0.416 e. The van der Waals surface area contributed by atoms with Gasteiger partial charge in [0.25, 0.3) is 5.91 Å². The van der Waals surface area contributed by atoms with Crippen LogP contribution in [0.1, 0.15) is 73.0 Å². The molecule has 0 heterocycles. The Morgan fingerprint density at radius 3 is 2.23 bits per heavy atom. The van der Waals surface area contributed by atoms with Gasteiger partial charge in [0, 0.05) is 10.0 Å². The number of unbranched alkanes of at least 4 members (excludes halogenated alkanes) is 4. The lowest BCUT2D eigenvalue weighted by molar-refractivity contribution is -0.141. The number of amides is 1. The molecule has 4 rings (SSSR count). The van der Waals surface area contributed by atoms with Crippen LogP contribution in [-0.4, -0.2) is 25.6 Å². The van der Waals surface area contributed by atoms with Crippen molar-refractivity contribution < 1.29 is 37.0 Å². The van der Waals surface area contributed by atoms with Gasteiger partial charge in [-0.05, 0) is 66.1 Å². The Hall–Kier alpha value is -4.31. The number of hydrogen-bond acceptors (Lipinski definition) is 5. The number of carbonyl (C=O) groups excluding carboxylic acids is 2. The molecule has 0 aliphatic heterocycles. The molecule has 0 aromatic heterocycles. The third kappa shape index (κ3) is 10.3. The van der Waals surface area contributed by atoms with Crippen LogP contribution >= 0.6 is 15.9 Å². The van der Waals surface area contributed by atoms with Crippen molar-refractivity contribution in [3.05, 3.63) is 112 Å². The Balaban J connectivity index is 1.52. The Kier molecular flexibility index (Phi) is 12.9. The molecule has 248 valence electrons. The van der Waals surface area contributed by atoms with E-state index in [0.29, 0.717) is 39.3 Å². The molecule has 0 spiro atoms. The molecule has 0 fully saturated rings. The largest absolute Gasteiger partial charge is 0.493 e. The van der Waals surface area contributed by atoms with E-state index in [4.69, 9.17) is 14.2 Å². The molecule has 1 amide bonds. The Labute approximate surface area is 281 Å². The van der Waals surface area contributed by atoms with E-state index >= 15 is 0 Å². The first-order valence-corrected chi connectivity index (χ1v) is 16.2. The summed E-state index contributed by atoms with van der Waals surface area (Å²) >= 11 is 3.44. The van der Waals surface area contributed by atoms with Gasteiger partial charge < -0.3 is 19.5 Å². The molecule has 1 atom stereocenters. The second-order valence-corrected chi connectivity index (χ2v) is 11.9. The molecule has 0 saturated heterocycles. The van der Waals surface area contributed by atoms with E-state index in [9.17, 15) is 22.8 Å². The van der Waals surface area contributed by atoms with E-state index < -0.39 is 29.7 Å². The molecule has 1 unspecified atom stereocenters. The van der Waals surface area contributed by atoms with Gasteiger partial charge in [0.2, 0.25) is 0 Å². The highest BCUT2D eigenvalue weighted by Gasteiger charge is 2.30. The molecule has 0 saturated carbocycles. The smallest absolute Gasteiger partial charge is 0.416 e. The lowest BCUT2D eigenvalue weighted by Crippen LogP contribution is -2.31. The molecular weight excluding hydrogens is 675 g/mol. The highest BCUT2D eigenvalue weighted by molar-refractivity contribution is 9.10. The van der Waals surface area contributed by atoms with E-state index in [1.165, 1.54) is 25.7 Å². The molecule has 0 bridgehead atoms. The molecule has 10 heteroatoms. The van der Waals surface area contributed by atoms with E-state index in [-0.39, 0.29) is 12.2 Å². The zero-order valence-corrected chi connectivity index (χ0v) is 27.8. The minimum atomic E-state index is -4.44. The number of alkyl halides is 3. The van der Waals surface area contributed by atoms with Gasteiger partial charge in [0.15, 0.2) is 0 Å². The third-order valence-corrected chi connectivity index (χ3v) is 8.01. The van der Waals surface area contributed by atoms with Crippen molar-refractivity contribution in [2.24, 2.45) is 0 Å². The number of methoxy groups -OCH3 is 1. The Morgan fingerprint density at radius 2 is 1.55 bits per heavy atom. The van der Waals surface area contributed by atoms with E-state index in [1.807, 2.05) is 30.3 Å². The monoisotopic (exact) mass is 711 g/mol. The standard InChI is InChI=1S/C37H37BrF3NO5/c1-3-4-5-6-9-22-46-33-21-18-28(38)23-31(33)36(44)42-32(24-35(43)45-2)26-14-12-25(13-15-26)30-10-7-8-11-34(30)47-29-19-16-27(17-20-29)37(39,40)41/h7-8,10-21,23,32H,3-6,9,22,24H2,1-2H3,(H,42,44). The summed E-state index contributed by atoms with van der Waals surface area (Å²) in [4.78, 5) is 26.0. The molecular formula is C37H37BrF3NO5. The van der Waals surface area contributed by atoms with Crippen molar-refractivity contribution in [2.45, 2.75) is 57.7 Å². The number of esters is 1. The average Bonchev–Trinajstić information content (AvgIpc) is 3.06.